The summed E-state index contributed by atoms with van der Waals surface area (Å²) in [5.74, 6) is 7.63. The Morgan fingerprint density at radius 2 is 1.05 bits per heavy atom. The maximum Gasteiger partial charge on any atom is 0.165 e. The van der Waals surface area contributed by atoms with Crippen LogP contribution in [0.4, 0.5) is 0 Å². The van der Waals surface area contributed by atoms with E-state index in [1.54, 1.807) is 11.1 Å². The highest BCUT2D eigenvalue weighted by atomic mass is 16.6. The van der Waals surface area contributed by atoms with Crippen LogP contribution in [0.3, 0.4) is 0 Å². The first-order valence-electron chi connectivity index (χ1n) is 16.2. The zero-order valence-electron chi connectivity index (χ0n) is 23.5. The molecule has 4 unspecified atom stereocenters. The Hall–Kier alpha value is -1.26. The van der Waals surface area contributed by atoms with Crippen molar-refractivity contribution in [3.8, 4) is 11.5 Å². The van der Waals surface area contributed by atoms with Crippen molar-refractivity contribution in [2.45, 2.75) is 126 Å². The lowest BCUT2D eigenvalue weighted by atomic mass is 9.44. The molecule has 2 saturated heterocycles. The predicted octanol–water partition coefficient (Wildman–Crippen LogP) is 6.95. The molecule has 1 aromatic rings. The van der Waals surface area contributed by atoms with E-state index in [0.717, 1.165) is 60.2 Å². The van der Waals surface area contributed by atoms with Crippen LogP contribution in [0, 0.1) is 35.5 Å². The van der Waals surface area contributed by atoms with Gasteiger partial charge >= 0.3 is 0 Å². The van der Waals surface area contributed by atoms with Crippen LogP contribution in [-0.4, -0.2) is 37.6 Å². The molecule has 38 heavy (non-hydrogen) atoms. The molecule has 0 radical (unpaired) electrons. The van der Waals surface area contributed by atoms with Gasteiger partial charge in [0.25, 0.3) is 0 Å². The van der Waals surface area contributed by atoms with Crippen molar-refractivity contribution in [3.63, 3.8) is 0 Å². The molecular weight excluding hydrogens is 472 g/mol. The minimum absolute atomic E-state index is 0.0550. The van der Waals surface area contributed by atoms with E-state index in [-0.39, 0.29) is 29.8 Å². The maximum atomic E-state index is 7.10. The summed E-state index contributed by atoms with van der Waals surface area (Å²) in [5.41, 5.74) is 3.94. The number of ether oxygens (including phenoxy) is 4. The SMILES string of the molecule is CC(Oc1ccc(C23CC4CC(CC(C4)C2)C3)c(C23CC4CC(CC(C4)C2)C3)c1OC(C)C1CO1)C1CO1. The molecular formula is C34H46O4. The summed E-state index contributed by atoms with van der Waals surface area (Å²) in [6.45, 7) is 6.03. The highest BCUT2D eigenvalue weighted by Crippen LogP contribution is 2.67. The summed E-state index contributed by atoms with van der Waals surface area (Å²) in [7, 11) is 0. The van der Waals surface area contributed by atoms with Gasteiger partial charge < -0.3 is 18.9 Å². The van der Waals surface area contributed by atoms with Crippen molar-refractivity contribution in [2.75, 3.05) is 13.2 Å². The van der Waals surface area contributed by atoms with Gasteiger partial charge in [-0.05, 0) is 143 Å². The van der Waals surface area contributed by atoms with Crippen LogP contribution < -0.4 is 9.47 Å². The Morgan fingerprint density at radius 3 is 1.50 bits per heavy atom. The van der Waals surface area contributed by atoms with Crippen LogP contribution in [0.25, 0.3) is 0 Å². The summed E-state index contributed by atoms with van der Waals surface area (Å²) in [6, 6.07) is 4.87. The van der Waals surface area contributed by atoms with Crippen LogP contribution in [0.15, 0.2) is 12.1 Å². The Bertz CT molecular complexity index is 1050. The van der Waals surface area contributed by atoms with Crippen molar-refractivity contribution in [1.82, 2.24) is 0 Å². The fourth-order valence-electron chi connectivity index (χ4n) is 11.8. The van der Waals surface area contributed by atoms with E-state index in [1.165, 1.54) is 77.0 Å². The van der Waals surface area contributed by atoms with E-state index >= 15 is 0 Å². The first kappa shape index (κ1) is 23.4. The van der Waals surface area contributed by atoms with Crippen molar-refractivity contribution < 1.29 is 18.9 Å². The van der Waals surface area contributed by atoms with Gasteiger partial charge in [-0.1, -0.05) is 6.07 Å². The third-order valence-corrected chi connectivity index (χ3v) is 12.7. The van der Waals surface area contributed by atoms with Gasteiger partial charge in [-0.3, -0.25) is 0 Å². The molecule has 2 heterocycles. The summed E-state index contributed by atoms with van der Waals surface area (Å²) >= 11 is 0. The van der Waals surface area contributed by atoms with E-state index in [9.17, 15) is 0 Å². The summed E-state index contributed by atoms with van der Waals surface area (Å²) in [6.07, 6.45) is 17.8. The topological polar surface area (TPSA) is 43.5 Å². The summed E-state index contributed by atoms with van der Waals surface area (Å²) in [4.78, 5) is 0. The number of benzene rings is 1. The maximum absolute atomic E-state index is 7.10. The van der Waals surface area contributed by atoms with Crippen LogP contribution in [0.1, 0.15) is 102 Å². The lowest BCUT2D eigenvalue weighted by Crippen LogP contribution is -2.52. The average Bonchev–Trinajstić information content (AvgIpc) is 3.76. The number of rotatable bonds is 8. The molecule has 8 aliphatic carbocycles. The van der Waals surface area contributed by atoms with Gasteiger partial charge in [-0.2, -0.15) is 0 Å². The Balaban J connectivity index is 1.23. The van der Waals surface area contributed by atoms with E-state index in [1.807, 2.05) is 0 Å². The lowest BCUT2D eigenvalue weighted by molar-refractivity contribution is -0.0192. The minimum atomic E-state index is 0.0550. The molecule has 4 heteroatoms. The van der Waals surface area contributed by atoms with Crippen LogP contribution in [-0.2, 0) is 20.3 Å². The quantitative estimate of drug-likeness (QED) is 0.349. The van der Waals surface area contributed by atoms with Gasteiger partial charge in [-0.15, -0.1) is 0 Å². The molecule has 206 valence electrons. The number of hydrogen-bond donors (Lipinski definition) is 0. The van der Waals surface area contributed by atoms with Gasteiger partial charge in [0.05, 0.1) is 13.2 Å². The summed E-state index contributed by atoms with van der Waals surface area (Å²) < 4.78 is 25.3. The second-order valence-corrected chi connectivity index (χ2v) is 15.6. The zero-order chi connectivity index (χ0) is 25.2. The van der Waals surface area contributed by atoms with Crippen molar-refractivity contribution in [2.24, 2.45) is 35.5 Å². The van der Waals surface area contributed by atoms with Crippen LogP contribution in [0.2, 0.25) is 0 Å². The molecule has 2 aliphatic heterocycles. The molecule has 0 spiro atoms. The molecule has 10 aliphatic rings. The van der Waals surface area contributed by atoms with E-state index < -0.39 is 0 Å². The molecule has 1 aromatic carbocycles. The highest BCUT2D eigenvalue weighted by molar-refractivity contribution is 5.58. The Morgan fingerprint density at radius 1 is 0.632 bits per heavy atom. The number of epoxide rings is 2. The zero-order valence-corrected chi connectivity index (χ0v) is 23.5. The molecule has 0 N–H and O–H groups in total. The van der Waals surface area contributed by atoms with Gasteiger partial charge in [0, 0.05) is 11.0 Å². The normalized spacial score (nSPS) is 48.7. The molecule has 10 fully saturated rings. The smallest absolute Gasteiger partial charge is 0.165 e. The van der Waals surface area contributed by atoms with Gasteiger partial charge in [0.2, 0.25) is 0 Å². The van der Waals surface area contributed by atoms with E-state index in [4.69, 9.17) is 18.9 Å². The second-order valence-electron chi connectivity index (χ2n) is 15.6. The monoisotopic (exact) mass is 518 g/mol. The highest BCUT2D eigenvalue weighted by Gasteiger charge is 2.58. The number of hydrogen-bond acceptors (Lipinski definition) is 4. The summed E-state index contributed by atoms with van der Waals surface area (Å²) in [5, 5.41) is 0. The van der Waals surface area contributed by atoms with Gasteiger partial charge in [-0.25, -0.2) is 0 Å². The van der Waals surface area contributed by atoms with E-state index in [0.29, 0.717) is 5.41 Å². The minimum Gasteiger partial charge on any atom is -0.484 e. The molecule has 0 aromatic heterocycles. The van der Waals surface area contributed by atoms with Crippen LogP contribution >= 0.6 is 0 Å². The van der Waals surface area contributed by atoms with Crippen LogP contribution in [0.5, 0.6) is 11.5 Å². The van der Waals surface area contributed by atoms with E-state index in [2.05, 4.69) is 26.0 Å². The predicted molar refractivity (Wildman–Crippen MR) is 146 cm³/mol. The van der Waals surface area contributed by atoms with Gasteiger partial charge in [0.15, 0.2) is 11.5 Å². The fraction of sp³-hybridized carbons (Fsp3) is 0.824. The lowest BCUT2D eigenvalue weighted by Gasteiger charge is -2.61. The van der Waals surface area contributed by atoms with Gasteiger partial charge in [0.1, 0.15) is 24.4 Å². The third-order valence-electron chi connectivity index (χ3n) is 12.7. The molecule has 8 saturated carbocycles. The molecule has 4 nitrogen and oxygen atoms in total. The third kappa shape index (κ3) is 3.67. The Labute approximate surface area is 228 Å². The van der Waals surface area contributed by atoms with Crippen molar-refractivity contribution in [1.29, 1.82) is 0 Å². The second kappa shape index (κ2) is 8.15. The standard InChI is InChI=1S/C34H46O4/c1-19(29-17-35-29)37-28-4-3-27(33-11-21-5-22(12-33)7-23(6-21)13-33)31(32(28)38-20(2)30-18-36-30)34-14-24-8-25(15-34)10-26(9-24)16-34/h3-4,19-26,29-30H,5-18H2,1-2H3. The first-order valence-corrected chi connectivity index (χ1v) is 16.2. The Kier molecular flexibility index (Phi) is 5.03. The molecule has 11 rings (SSSR count). The fourth-order valence-corrected chi connectivity index (χ4v) is 11.8. The molecule has 8 bridgehead atoms. The van der Waals surface area contributed by atoms with Crippen molar-refractivity contribution >= 4 is 0 Å². The largest absolute Gasteiger partial charge is 0.484 e. The average molecular weight is 519 g/mol. The molecule has 0 amide bonds. The first-order chi connectivity index (χ1) is 18.5. The van der Waals surface area contributed by atoms with Crippen molar-refractivity contribution in [3.05, 3.63) is 23.3 Å². The molecule has 4 atom stereocenters.